The zero-order valence-corrected chi connectivity index (χ0v) is 10.3. The summed E-state index contributed by atoms with van der Waals surface area (Å²) in [6.45, 7) is 5.55. The molecule has 0 aromatic heterocycles. The fourth-order valence-electron chi connectivity index (χ4n) is 1.65. The second-order valence-electron chi connectivity index (χ2n) is 4.52. The lowest BCUT2D eigenvalue weighted by Gasteiger charge is -2.11. The Morgan fingerprint density at radius 1 is 1.33 bits per heavy atom. The normalized spacial score (nSPS) is 25.1. The van der Waals surface area contributed by atoms with E-state index < -0.39 is 0 Å². The van der Waals surface area contributed by atoms with Crippen molar-refractivity contribution in [2.75, 3.05) is 13.6 Å². The molecule has 3 heteroatoms. The molecule has 2 unspecified atom stereocenters. The van der Waals surface area contributed by atoms with E-state index in [0.717, 1.165) is 18.4 Å². The number of nitrogens with zero attached hydrogens (tertiary/aromatic N) is 1. The zero-order valence-electron chi connectivity index (χ0n) is 10.3. The Labute approximate surface area is 93.7 Å². The van der Waals surface area contributed by atoms with Crippen molar-refractivity contribution in [3.05, 3.63) is 0 Å². The standard InChI is InChI=1S/C12H25N3/c1-4-5-6-7-8-14-12(13-3)15-11-9-10(11)2/h10-11H,4-9H2,1-3H3,(H2,13,14,15). The minimum Gasteiger partial charge on any atom is -0.356 e. The van der Waals surface area contributed by atoms with Gasteiger partial charge in [0.1, 0.15) is 0 Å². The van der Waals surface area contributed by atoms with Crippen LogP contribution in [0.2, 0.25) is 0 Å². The monoisotopic (exact) mass is 211 g/mol. The quantitative estimate of drug-likeness (QED) is 0.401. The molecule has 0 radical (unpaired) electrons. The van der Waals surface area contributed by atoms with Gasteiger partial charge in [0.15, 0.2) is 5.96 Å². The first-order valence-electron chi connectivity index (χ1n) is 6.25. The van der Waals surface area contributed by atoms with E-state index in [-0.39, 0.29) is 0 Å². The summed E-state index contributed by atoms with van der Waals surface area (Å²) in [5, 5.41) is 6.78. The third-order valence-corrected chi connectivity index (χ3v) is 2.98. The number of hydrogen-bond acceptors (Lipinski definition) is 1. The second-order valence-corrected chi connectivity index (χ2v) is 4.52. The van der Waals surface area contributed by atoms with E-state index in [2.05, 4.69) is 29.5 Å². The van der Waals surface area contributed by atoms with Gasteiger partial charge in [0.25, 0.3) is 0 Å². The fraction of sp³-hybridized carbons (Fsp3) is 0.917. The molecule has 15 heavy (non-hydrogen) atoms. The molecule has 1 aliphatic rings. The Morgan fingerprint density at radius 3 is 2.60 bits per heavy atom. The van der Waals surface area contributed by atoms with Crippen molar-refractivity contribution in [2.45, 2.75) is 52.0 Å². The van der Waals surface area contributed by atoms with Crippen molar-refractivity contribution in [2.24, 2.45) is 10.9 Å². The van der Waals surface area contributed by atoms with Gasteiger partial charge in [-0.05, 0) is 18.8 Å². The molecule has 2 N–H and O–H groups in total. The lowest BCUT2D eigenvalue weighted by Crippen LogP contribution is -2.39. The van der Waals surface area contributed by atoms with E-state index in [1.807, 2.05) is 7.05 Å². The van der Waals surface area contributed by atoms with Gasteiger partial charge in [-0.25, -0.2) is 0 Å². The Bertz CT molecular complexity index is 201. The first-order valence-corrected chi connectivity index (χ1v) is 6.25. The second kappa shape index (κ2) is 6.70. The predicted octanol–water partition coefficient (Wildman–Crippen LogP) is 2.14. The van der Waals surface area contributed by atoms with E-state index in [1.54, 1.807) is 0 Å². The van der Waals surface area contributed by atoms with Gasteiger partial charge in [0.05, 0.1) is 0 Å². The van der Waals surface area contributed by atoms with Crippen molar-refractivity contribution < 1.29 is 0 Å². The van der Waals surface area contributed by atoms with Crippen molar-refractivity contribution in [3.8, 4) is 0 Å². The van der Waals surface area contributed by atoms with E-state index in [4.69, 9.17) is 0 Å². The van der Waals surface area contributed by atoms with Crippen molar-refractivity contribution in [1.29, 1.82) is 0 Å². The minimum atomic E-state index is 0.659. The summed E-state index contributed by atoms with van der Waals surface area (Å²) in [6.07, 6.45) is 6.49. The van der Waals surface area contributed by atoms with Gasteiger partial charge in [-0.2, -0.15) is 0 Å². The van der Waals surface area contributed by atoms with Crippen molar-refractivity contribution in [1.82, 2.24) is 10.6 Å². The summed E-state index contributed by atoms with van der Waals surface area (Å²) in [5.74, 6) is 1.80. The van der Waals surface area contributed by atoms with Gasteiger partial charge >= 0.3 is 0 Å². The van der Waals surface area contributed by atoms with Gasteiger partial charge in [-0.15, -0.1) is 0 Å². The molecule has 1 saturated carbocycles. The first kappa shape index (κ1) is 12.3. The highest BCUT2D eigenvalue weighted by atomic mass is 15.2. The predicted molar refractivity (Wildman–Crippen MR) is 66.2 cm³/mol. The topological polar surface area (TPSA) is 36.4 Å². The highest BCUT2D eigenvalue weighted by Crippen LogP contribution is 2.28. The SMILES string of the molecule is CCCCCCNC(=NC)NC1CC1C. The van der Waals surface area contributed by atoms with Crippen LogP contribution in [0.25, 0.3) is 0 Å². The number of unbranched alkanes of at least 4 members (excludes halogenated alkanes) is 3. The summed E-state index contributed by atoms with van der Waals surface area (Å²) in [6, 6.07) is 0.659. The molecule has 0 spiro atoms. The van der Waals surface area contributed by atoms with Gasteiger partial charge in [-0.3, -0.25) is 4.99 Å². The molecule has 1 aliphatic carbocycles. The van der Waals surface area contributed by atoms with Crippen LogP contribution in [0.1, 0.15) is 46.0 Å². The van der Waals surface area contributed by atoms with Crippen LogP contribution in [0.5, 0.6) is 0 Å². The molecule has 88 valence electrons. The summed E-state index contributed by atoms with van der Waals surface area (Å²) in [7, 11) is 1.84. The fourth-order valence-corrected chi connectivity index (χ4v) is 1.65. The van der Waals surface area contributed by atoms with E-state index in [0.29, 0.717) is 6.04 Å². The number of guanidine groups is 1. The van der Waals surface area contributed by atoms with Crippen LogP contribution in [-0.2, 0) is 0 Å². The smallest absolute Gasteiger partial charge is 0.191 e. The summed E-state index contributed by atoms with van der Waals surface area (Å²) >= 11 is 0. The van der Waals surface area contributed by atoms with Crippen molar-refractivity contribution >= 4 is 5.96 Å². The van der Waals surface area contributed by atoms with Crippen LogP contribution in [-0.4, -0.2) is 25.6 Å². The maximum absolute atomic E-state index is 4.21. The molecule has 0 heterocycles. The third kappa shape index (κ3) is 5.05. The number of hydrogen-bond donors (Lipinski definition) is 2. The zero-order chi connectivity index (χ0) is 11.1. The van der Waals surface area contributed by atoms with Crippen LogP contribution in [0.15, 0.2) is 4.99 Å². The molecule has 3 nitrogen and oxygen atoms in total. The van der Waals surface area contributed by atoms with Gasteiger partial charge in [-0.1, -0.05) is 33.1 Å². The molecular formula is C12H25N3. The Kier molecular flexibility index (Phi) is 5.51. The number of nitrogens with one attached hydrogen (secondary N) is 2. The van der Waals surface area contributed by atoms with Gasteiger partial charge < -0.3 is 10.6 Å². The van der Waals surface area contributed by atoms with Crippen molar-refractivity contribution in [3.63, 3.8) is 0 Å². The maximum atomic E-state index is 4.21. The molecule has 1 rings (SSSR count). The largest absolute Gasteiger partial charge is 0.356 e. The van der Waals surface area contributed by atoms with Crippen LogP contribution in [0.3, 0.4) is 0 Å². The number of rotatable bonds is 6. The van der Waals surface area contributed by atoms with Gasteiger partial charge in [0, 0.05) is 19.6 Å². The summed E-state index contributed by atoms with van der Waals surface area (Å²) < 4.78 is 0. The molecule has 0 aromatic rings. The Balaban J connectivity index is 2.02. The lowest BCUT2D eigenvalue weighted by molar-refractivity contribution is 0.645. The number of aliphatic imine (C=N–C) groups is 1. The highest BCUT2D eigenvalue weighted by molar-refractivity contribution is 5.80. The molecule has 1 fully saturated rings. The van der Waals surface area contributed by atoms with E-state index in [9.17, 15) is 0 Å². The minimum absolute atomic E-state index is 0.659. The average molecular weight is 211 g/mol. The molecule has 0 bridgehead atoms. The Morgan fingerprint density at radius 2 is 2.07 bits per heavy atom. The van der Waals surface area contributed by atoms with Gasteiger partial charge in [0.2, 0.25) is 0 Å². The molecule has 0 aliphatic heterocycles. The first-order chi connectivity index (χ1) is 7.27. The maximum Gasteiger partial charge on any atom is 0.191 e. The molecule has 0 amide bonds. The third-order valence-electron chi connectivity index (χ3n) is 2.98. The highest BCUT2D eigenvalue weighted by Gasteiger charge is 2.32. The van der Waals surface area contributed by atoms with Crippen LogP contribution < -0.4 is 10.6 Å². The summed E-state index contributed by atoms with van der Waals surface area (Å²) in [5.41, 5.74) is 0. The van der Waals surface area contributed by atoms with Crippen LogP contribution in [0, 0.1) is 5.92 Å². The summed E-state index contributed by atoms with van der Waals surface area (Å²) in [4.78, 5) is 4.21. The Hall–Kier alpha value is -0.730. The molecule has 2 atom stereocenters. The van der Waals surface area contributed by atoms with Crippen LogP contribution >= 0.6 is 0 Å². The molecule has 0 aromatic carbocycles. The molecule has 0 saturated heterocycles. The average Bonchev–Trinajstić information content (AvgIpc) is 2.92. The van der Waals surface area contributed by atoms with E-state index >= 15 is 0 Å². The lowest BCUT2D eigenvalue weighted by atomic mass is 10.2. The van der Waals surface area contributed by atoms with Crippen LogP contribution in [0.4, 0.5) is 0 Å². The van der Waals surface area contributed by atoms with E-state index in [1.165, 1.54) is 32.1 Å². The molecular weight excluding hydrogens is 186 g/mol.